The highest BCUT2D eigenvalue weighted by Crippen LogP contribution is 2.17. The van der Waals surface area contributed by atoms with Gasteiger partial charge >= 0.3 is 0 Å². The minimum absolute atomic E-state index is 0. The largest absolute Gasteiger partial charge is 0.493 e. The van der Waals surface area contributed by atoms with Crippen molar-refractivity contribution in [3.05, 3.63) is 44.8 Å². The standard InChI is InChI=1S/C17H23BrN4OS2.HI/c1-13-11-21-16(25-13)12-22-17(19-2)20-6-8-24-9-7-23-15-5-3-4-14(18)10-15;/h3-5,10-11H,6-9,12H2,1-2H3,(H2,19,20,22);1H. The fourth-order valence-corrected chi connectivity index (χ4v) is 3.74. The van der Waals surface area contributed by atoms with E-state index in [2.05, 4.69) is 43.5 Å². The molecule has 0 saturated heterocycles. The van der Waals surface area contributed by atoms with Gasteiger partial charge < -0.3 is 15.4 Å². The van der Waals surface area contributed by atoms with Crippen molar-refractivity contribution in [2.24, 2.45) is 4.99 Å². The van der Waals surface area contributed by atoms with Crippen molar-refractivity contribution in [1.29, 1.82) is 0 Å². The van der Waals surface area contributed by atoms with Gasteiger partial charge in [-0.25, -0.2) is 4.98 Å². The maximum atomic E-state index is 5.71. The minimum atomic E-state index is 0. The van der Waals surface area contributed by atoms with Gasteiger partial charge in [-0.05, 0) is 25.1 Å². The molecule has 0 atom stereocenters. The van der Waals surface area contributed by atoms with E-state index in [1.54, 1.807) is 18.4 Å². The third kappa shape index (κ3) is 9.43. The molecular formula is C17H24BrIN4OS2. The molecule has 2 N–H and O–H groups in total. The van der Waals surface area contributed by atoms with Crippen LogP contribution in [0.25, 0.3) is 0 Å². The zero-order chi connectivity index (χ0) is 17.9. The highest BCUT2D eigenvalue weighted by Gasteiger charge is 2.01. The van der Waals surface area contributed by atoms with Crippen molar-refractivity contribution >= 4 is 69.0 Å². The molecule has 26 heavy (non-hydrogen) atoms. The van der Waals surface area contributed by atoms with Gasteiger partial charge in [0.1, 0.15) is 10.8 Å². The Bertz CT molecular complexity index is 684. The predicted molar refractivity (Wildman–Crippen MR) is 127 cm³/mol. The number of aryl methyl sites for hydroxylation is 1. The predicted octanol–water partition coefficient (Wildman–Crippen LogP) is 4.31. The Kier molecular flexibility index (Phi) is 12.3. The molecule has 0 radical (unpaired) electrons. The Balaban J connectivity index is 0.00000338. The van der Waals surface area contributed by atoms with E-state index in [1.165, 1.54) is 4.88 Å². The number of nitrogens with one attached hydrogen (secondary N) is 2. The summed E-state index contributed by atoms with van der Waals surface area (Å²) in [6.45, 7) is 4.33. The second-order valence-corrected chi connectivity index (χ2v) is 8.60. The molecule has 0 saturated carbocycles. The number of thioether (sulfide) groups is 1. The quantitative estimate of drug-likeness (QED) is 0.204. The number of aromatic nitrogens is 1. The normalized spacial score (nSPS) is 11.0. The second-order valence-electron chi connectivity index (χ2n) is 5.14. The molecule has 9 heteroatoms. The summed E-state index contributed by atoms with van der Waals surface area (Å²) < 4.78 is 6.75. The zero-order valence-electron chi connectivity index (χ0n) is 14.8. The number of nitrogens with zero attached hydrogens (tertiary/aromatic N) is 2. The lowest BCUT2D eigenvalue weighted by atomic mass is 10.3. The van der Waals surface area contributed by atoms with Gasteiger partial charge in [-0.3, -0.25) is 4.99 Å². The van der Waals surface area contributed by atoms with Crippen LogP contribution < -0.4 is 15.4 Å². The van der Waals surface area contributed by atoms with Crippen LogP contribution in [0.15, 0.2) is 39.9 Å². The van der Waals surface area contributed by atoms with Gasteiger partial charge in [0.2, 0.25) is 0 Å². The first-order chi connectivity index (χ1) is 12.2. The van der Waals surface area contributed by atoms with Gasteiger partial charge in [0.25, 0.3) is 0 Å². The van der Waals surface area contributed by atoms with Crippen LogP contribution in [-0.2, 0) is 6.54 Å². The first-order valence-corrected chi connectivity index (χ1v) is 10.8. The van der Waals surface area contributed by atoms with Crippen LogP contribution in [0.3, 0.4) is 0 Å². The van der Waals surface area contributed by atoms with E-state index in [4.69, 9.17) is 4.74 Å². The molecule has 2 aromatic rings. The van der Waals surface area contributed by atoms with E-state index >= 15 is 0 Å². The Morgan fingerprint density at radius 3 is 2.88 bits per heavy atom. The molecule has 0 aliphatic heterocycles. The highest BCUT2D eigenvalue weighted by atomic mass is 127. The molecule has 1 aromatic heterocycles. The number of thiazole rings is 1. The van der Waals surface area contributed by atoms with E-state index in [0.717, 1.165) is 39.2 Å². The topological polar surface area (TPSA) is 58.5 Å². The molecule has 0 aliphatic rings. The van der Waals surface area contributed by atoms with Crippen LogP contribution in [0.1, 0.15) is 9.88 Å². The summed E-state index contributed by atoms with van der Waals surface area (Å²) in [5.41, 5.74) is 0. The van der Waals surface area contributed by atoms with Gasteiger partial charge in [-0.2, -0.15) is 11.8 Å². The number of hydrogen-bond donors (Lipinski definition) is 2. The third-order valence-electron chi connectivity index (χ3n) is 3.13. The van der Waals surface area contributed by atoms with Crippen LogP contribution in [-0.4, -0.2) is 42.6 Å². The van der Waals surface area contributed by atoms with E-state index in [1.807, 2.05) is 42.2 Å². The first-order valence-electron chi connectivity index (χ1n) is 7.99. The summed E-state index contributed by atoms with van der Waals surface area (Å²) >= 11 is 6.99. The number of hydrogen-bond acceptors (Lipinski definition) is 5. The van der Waals surface area contributed by atoms with Crippen LogP contribution >= 0.6 is 63.0 Å². The monoisotopic (exact) mass is 570 g/mol. The molecule has 1 aromatic carbocycles. The average molecular weight is 571 g/mol. The number of guanidine groups is 1. The van der Waals surface area contributed by atoms with Crippen molar-refractivity contribution in [1.82, 2.24) is 15.6 Å². The summed E-state index contributed by atoms with van der Waals surface area (Å²) in [5, 5.41) is 7.66. The third-order valence-corrected chi connectivity index (χ3v) is 5.49. The summed E-state index contributed by atoms with van der Waals surface area (Å²) in [7, 11) is 1.78. The Labute approximate surface area is 189 Å². The van der Waals surface area contributed by atoms with Crippen LogP contribution in [0.5, 0.6) is 5.75 Å². The Morgan fingerprint density at radius 1 is 1.35 bits per heavy atom. The van der Waals surface area contributed by atoms with E-state index in [0.29, 0.717) is 13.2 Å². The van der Waals surface area contributed by atoms with Gasteiger partial charge in [0.05, 0.1) is 13.2 Å². The van der Waals surface area contributed by atoms with E-state index in [-0.39, 0.29) is 24.0 Å². The van der Waals surface area contributed by atoms with Gasteiger partial charge in [-0.15, -0.1) is 35.3 Å². The first kappa shape index (κ1) is 23.5. The number of halogens is 2. The summed E-state index contributed by atoms with van der Waals surface area (Å²) in [6, 6.07) is 7.91. The number of ether oxygens (including phenoxy) is 1. The fourth-order valence-electron chi connectivity index (χ4n) is 1.98. The Morgan fingerprint density at radius 2 is 2.19 bits per heavy atom. The second kappa shape index (κ2) is 13.6. The maximum Gasteiger partial charge on any atom is 0.191 e. The number of aliphatic imine (C=N–C) groups is 1. The lowest BCUT2D eigenvalue weighted by Crippen LogP contribution is -2.38. The van der Waals surface area contributed by atoms with Crippen LogP contribution in [0.4, 0.5) is 0 Å². The van der Waals surface area contributed by atoms with Gasteiger partial charge in [0, 0.05) is 40.6 Å². The van der Waals surface area contributed by atoms with Crippen molar-refractivity contribution in [3.63, 3.8) is 0 Å². The molecular weight excluding hydrogens is 547 g/mol. The summed E-state index contributed by atoms with van der Waals surface area (Å²) in [5.74, 6) is 3.66. The lowest BCUT2D eigenvalue weighted by molar-refractivity contribution is 0.344. The fraction of sp³-hybridized carbons (Fsp3) is 0.412. The van der Waals surface area contributed by atoms with Crippen molar-refractivity contribution in [2.45, 2.75) is 13.5 Å². The zero-order valence-corrected chi connectivity index (χ0v) is 20.4. The molecule has 0 bridgehead atoms. The summed E-state index contributed by atoms with van der Waals surface area (Å²) in [6.07, 6.45) is 1.89. The van der Waals surface area contributed by atoms with Crippen LogP contribution in [0, 0.1) is 6.92 Å². The van der Waals surface area contributed by atoms with Crippen LogP contribution in [0.2, 0.25) is 0 Å². The van der Waals surface area contributed by atoms with Crippen molar-refractivity contribution < 1.29 is 4.74 Å². The molecule has 0 fully saturated rings. The highest BCUT2D eigenvalue weighted by molar-refractivity contribution is 14.0. The number of benzene rings is 1. The molecule has 0 aliphatic carbocycles. The molecule has 0 amide bonds. The van der Waals surface area contributed by atoms with Gasteiger partial charge in [0.15, 0.2) is 5.96 Å². The molecule has 2 rings (SSSR count). The maximum absolute atomic E-state index is 5.71. The van der Waals surface area contributed by atoms with E-state index < -0.39 is 0 Å². The Hall–Kier alpha value is -0.520. The molecule has 1 heterocycles. The molecule has 5 nitrogen and oxygen atoms in total. The summed E-state index contributed by atoms with van der Waals surface area (Å²) in [4.78, 5) is 9.78. The molecule has 144 valence electrons. The van der Waals surface area contributed by atoms with Crippen molar-refractivity contribution in [3.8, 4) is 5.75 Å². The van der Waals surface area contributed by atoms with Crippen molar-refractivity contribution in [2.75, 3.05) is 31.7 Å². The van der Waals surface area contributed by atoms with Gasteiger partial charge in [-0.1, -0.05) is 22.0 Å². The minimum Gasteiger partial charge on any atom is -0.493 e. The SMILES string of the molecule is CN=C(NCCSCCOc1cccc(Br)c1)NCc1ncc(C)s1.I. The molecule has 0 spiro atoms. The lowest BCUT2D eigenvalue weighted by Gasteiger charge is -2.11. The average Bonchev–Trinajstić information content (AvgIpc) is 3.02. The number of rotatable bonds is 9. The van der Waals surface area contributed by atoms with E-state index in [9.17, 15) is 0 Å². The molecule has 0 unspecified atom stereocenters. The smallest absolute Gasteiger partial charge is 0.191 e.